The third-order valence-corrected chi connectivity index (χ3v) is 4.76. The van der Waals surface area contributed by atoms with Crippen molar-refractivity contribution in [2.45, 2.75) is 53.0 Å². The van der Waals surface area contributed by atoms with Crippen molar-refractivity contribution < 1.29 is 0 Å². The average molecular weight is 433 g/mol. The van der Waals surface area contributed by atoms with Crippen molar-refractivity contribution in [3.05, 3.63) is 18.5 Å². The zero-order valence-electron chi connectivity index (χ0n) is 14.7. The zero-order chi connectivity index (χ0) is 15.8. The second-order valence-electron chi connectivity index (χ2n) is 6.62. The predicted molar refractivity (Wildman–Crippen MR) is 107 cm³/mol. The van der Waals surface area contributed by atoms with Gasteiger partial charge in [-0.1, -0.05) is 20.3 Å². The van der Waals surface area contributed by atoms with Crippen LogP contribution in [0, 0.1) is 11.3 Å². The minimum Gasteiger partial charge on any atom is -0.357 e. The fourth-order valence-corrected chi connectivity index (χ4v) is 2.95. The van der Waals surface area contributed by atoms with Crippen LogP contribution in [0.1, 0.15) is 46.5 Å². The molecule has 1 aliphatic rings. The summed E-state index contributed by atoms with van der Waals surface area (Å²) in [5, 5.41) is 11.1. The molecule has 1 unspecified atom stereocenters. The quantitative estimate of drug-likeness (QED) is 0.376. The van der Waals surface area contributed by atoms with Gasteiger partial charge in [0, 0.05) is 38.6 Å². The molecule has 0 aliphatic heterocycles. The Morgan fingerprint density at radius 3 is 2.65 bits per heavy atom. The molecule has 1 aromatic rings. The van der Waals surface area contributed by atoms with E-state index in [2.05, 4.69) is 36.5 Å². The maximum absolute atomic E-state index is 4.82. The molecule has 1 aliphatic carbocycles. The number of hydrogen-bond donors (Lipinski definition) is 2. The number of hydrogen-bond acceptors (Lipinski definition) is 2. The van der Waals surface area contributed by atoms with Crippen LogP contribution in [0.5, 0.6) is 0 Å². The molecule has 1 fully saturated rings. The van der Waals surface area contributed by atoms with Gasteiger partial charge in [-0.3, -0.25) is 9.67 Å². The van der Waals surface area contributed by atoms with E-state index >= 15 is 0 Å². The van der Waals surface area contributed by atoms with E-state index in [1.807, 2.05) is 23.1 Å². The lowest BCUT2D eigenvalue weighted by Crippen LogP contribution is -2.41. The Labute approximate surface area is 157 Å². The maximum atomic E-state index is 4.82. The van der Waals surface area contributed by atoms with E-state index in [0.29, 0.717) is 11.3 Å². The van der Waals surface area contributed by atoms with Gasteiger partial charge in [-0.2, -0.15) is 5.10 Å². The zero-order valence-corrected chi connectivity index (χ0v) is 17.0. The Morgan fingerprint density at radius 1 is 1.35 bits per heavy atom. The number of aromatic nitrogens is 2. The number of nitrogens with zero attached hydrogens (tertiary/aromatic N) is 3. The van der Waals surface area contributed by atoms with Gasteiger partial charge in [0.05, 0.1) is 0 Å². The van der Waals surface area contributed by atoms with Crippen LogP contribution in [0.15, 0.2) is 23.5 Å². The van der Waals surface area contributed by atoms with Gasteiger partial charge in [-0.05, 0) is 43.6 Å². The minimum absolute atomic E-state index is 0. The summed E-state index contributed by atoms with van der Waals surface area (Å²) >= 11 is 0. The molecule has 0 amide bonds. The van der Waals surface area contributed by atoms with Gasteiger partial charge in [0.2, 0.25) is 0 Å². The number of guanidine groups is 1. The number of rotatable bonds is 8. The first-order chi connectivity index (χ1) is 10.7. The number of halogens is 1. The molecule has 0 bridgehead atoms. The summed E-state index contributed by atoms with van der Waals surface area (Å²) in [4.78, 5) is 4.82. The molecule has 2 N–H and O–H groups in total. The lowest BCUT2D eigenvalue weighted by atomic mass is 9.67. The molecule has 132 valence electrons. The van der Waals surface area contributed by atoms with Crippen molar-refractivity contribution in [2.75, 3.05) is 19.6 Å². The molecule has 5 nitrogen and oxygen atoms in total. The van der Waals surface area contributed by atoms with Crippen LogP contribution < -0.4 is 10.6 Å². The summed E-state index contributed by atoms with van der Waals surface area (Å²) in [7, 11) is 0. The average Bonchev–Trinajstić information content (AvgIpc) is 2.96. The SMILES string of the molecule is CCNC(=NCC1(CC)CCC1)NCC(C)Cn1cccn1.I. The van der Waals surface area contributed by atoms with Crippen LogP contribution in [0.25, 0.3) is 0 Å². The number of nitrogens with one attached hydrogen (secondary N) is 2. The highest BCUT2D eigenvalue weighted by Gasteiger charge is 2.34. The molecule has 1 heterocycles. The highest BCUT2D eigenvalue weighted by atomic mass is 127. The van der Waals surface area contributed by atoms with E-state index in [0.717, 1.165) is 32.1 Å². The van der Waals surface area contributed by atoms with E-state index in [-0.39, 0.29) is 24.0 Å². The molecule has 1 atom stereocenters. The van der Waals surface area contributed by atoms with E-state index < -0.39 is 0 Å². The number of aliphatic imine (C=N–C) groups is 1. The molecule has 0 radical (unpaired) electrons. The van der Waals surface area contributed by atoms with Gasteiger partial charge in [-0.25, -0.2) is 0 Å². The second-order valence-corrected chi connectivity index (χ2v) is 6.62. The van der Waals surface area contributed by atoms with Crippen molar-refractivity contribution in [1.29, 1.82) is 0 Å². The second kappa shape index (κ2) is 10.2. The van der Waals surface area contributed by atoms with E-state index in [9.17, 15) is 0 Å². The lowest BCUT2D eigenvalue weighted by Gasteiger charge is -2.40. The van der Waals surface area contributed by atoms with Crippen LogP contribution >= 0.6 is 24.0 Å². The lowest BCUT2D eigenvalue weighted by molar-refractivity contribution is 0.139. The van der Waals surface area contributed by atoms with Gasteiger partial charge < -0.3 is 10.6 Å². The Bertz CT molecular complexity index is 448. The monoisotopic (exact) mass is 433 g/mol. The third-order valence-electron chi connectivity index (χ3n) is 4.76. The predicted octanol–water partition coefficient (Wildman–Crippen LogP) is 3.27. The molecule has 1 saturated carbocycles. The van der Waals surface area contributed by atoms with Crippen LogP contribution in [0.4, 0.5) is 0 Å². The summed E-state index contributed by atoms with van der Waals surface area (Å²) in [6.07, 6.45) is 9.12. The van der Waals surface area contributed by atoms with Crippen molar-refractivity contribution in [3.8, 4) is 0 Å². The Balaban J connectivity index is 0.00000264. The van der Waals surface area contributed by atoms with E-state index in [1.54, 1.807) is 0 Å². The largest absolute Gasteiger partial charge is 0.357 e. The summed E-state index contributed by atoms with van der Waals surface area (Å²) in [6, 6.07) is 1.97. The van der Waals surface area contributed by atoms with Crippen molar-refractivity contribution in [1.82, 2.24) is 20.4 Å². The van der Waals surface area contributed by atoms with Crippen LogP contribution in [0.3, 0.4) is 0 Å². The standard InChI is InChI=1S/C17H31N5.HI/c1-4-17(8-6-9-17)14-20-16(18-5-2)19-12-15(3)13-22-11-7-10-21-22;/h7,10-11,15H,4-6,8-9,12-14H2,1-3H3,(H2,18,19,20);1H. The fourth-order valence-electron chi connectivity index (χ4n) is 2.95. The third kappa shape index (κ3) is 6.31. The topological polar surface area (TPSA) is 54.2 Å². The Hall–Kier alpha value is -0.790. The minimum atomic E-state index is 0. The van der Waals surface area contributed by atoms with Gasteiger partial charge in [0.1, 0.15) is 0 Å². The van der Waals surface area contributed by atoms with Crippen LogP contribution in [0.2, 0.25) is 0 Å². The normalized spacial score (nSPS) is 17.8. The summed E-state index contributed by atoms with van der Waals surface area (Å²) in [5.74, 6) is 1.46. The van der Waals surface area contributed by atoms with Gasteiger partial charge in [0.25, 0.3) is 0 Å². The molecule has 1 aromatic heterocycles. The molecule has 6 heteroatoms. The molecule has 2 rings (SSSR count). The highest BCUT2D eigenvalue weighted by Crippen LogP contribution is 2.43. The summed E-state index contributed by atoms with van der Waals surface area (Å²) in [5.41, 5.74) is 0.475. The molecular weight excluding hydrogens is 401 g/mol. The first-order valence-electron chi connectivity index (χ1n) is 8.67. The molecule has 23 heavy (non-hydrogen) atoms. The molecule has 0 aromatic carbocycles. The fraction of sp³-hybridized carbons (Fsp3) is 0.765. The smallest absolute Gasteiger partial charge is 0.191 e. The molecule has 0 spiro atoms. The Morgan fingerprint density at radius 2 is 2.13 bits per heavy atom. The van der Waals surface area contributed by atoms with Gasteiger partial charge in [0.15, 0.2) is 5.96 Å². The van der Waals surface area contributed by atoms with Crippen LogP contribution in [-0.2, 0) is 6.54 Å². The van der Waals surface area contributed by atoms with E-state index in [4.69, 9.17) is 4.99 Å². The van der Waals surface area contributed by atoms with Crippen molar-refractivity contribution in [2.24, 2.45) is 16.3 Å². The Kier molecular flexibility index (Phi) is 8.94. The van der Waals surface area contributed by atoms with Crippen molar-refractivity contribution in [3.63, 3.8) is 0 Å². The van der Waals surface area contributed by atoms with Crippen molar-refractivity contribution >= 4 is 29.9 Å². The first kappa shape index (κ1) is 20.3. The van der Waals surface area contributed by atoms with Crippen LogP contribution in [-0.4, -0.2) is 35.4 Å². The van der Waals surface area contributed by atoms with E-state index in [1.165, 1.54) is 25.7 Å². The summed E-state index contributed by atoms with van der Waals surface area (Å²) in [6.45, 7) is 10.3. The van der Waals surface area contributed by atoms with Gasteiger partial charge >= 0.3 is 0 Å². The highest BCUT2D eigenvalue weighted by molar-refractivity contribution is 14.0. The maximum Gasteiger partial charge on any atom is 0.191 e. The molecular formula is C17H32IN5. The van der Waals surface area contributed by atoms with Gasteiger partial charge in [-0.15, -0.1) is 24.0 Å². The summed E-state index contributed by atoms with van der Waals surface area (Å²) < 4.78 is 1.98. The molecule has 0 saturated heterocycles. The first-order valence-corrected chi connectivity index (χ1v) is 8.67.